The van der Waals surface area contributed by atoms with E-state index in [0.29, 0.717) is 29.8 Å². The molecule has 0 aliphatic rings. The molecule has 0 heterocycles. The number of amides is 4. The number of carboxylic acids is 1. The lowest BCUT2D eigenvalue weighted by atomic mass is 10.1. The molecule has 16 heteroatoms. The van der Waals surface area contributed by atoms with Crippen molar-refractivity contribution >= 4 is 41.0 Å². The number of nitrogens with one attached hydrogen (secondary N) is 2. The van der Waals surface area contributed by atoms with E-state index in [2.05, 4.69) is 30.7 Å². The number of hydrogen-bond donors (Lipinski definition) is 3. The second-order valence-electron chi connectivity index (χ2n) is 9.10. The first-order chi connectivity index (χ1) is 20.0. The molecule has 0 spiro atoms. The van der Waals surface area contributed by atoms with Gasteiger partial charge in [0, 0.05) is 53.0 Å². The molecule has 2 aromatic carbocycles. The number of nitrogens with zero attached hydrogens (tertiary/aromatic N) is 8. The molecule has 42 heavy (non-hydrogen) atoms. The van der Waals surface area contributed by atoms with Gasteiger partial charge in [-0.3, -0.25) is 19.2 Å². The molecule has 0 aliphatic heterocycles. The molecule has 1 unspecified atom stereocenters. The number of rotatable bonds is 15. The molecule has 3 N–H and O–H groups in total. The van der Waals surface area contributed by atoms with Crippen molar-refractivity contribution in [2.45, 2.75) is 25.3 Å². The Morgan fingerprint density at radius 3 is 1.67 bits per heavy atom. The van der Waals surface area contributed by atoms with E-state index in [9.17, 15) is 29.1 Å². The molecule has 0 aromatic heterocycles. The van der Waals surface area contributed by atoms with Gasteiger partial charge in [0.15, 0.2) is 0 Å². The van der Waals surface area contributed by atoms with Gasteiger partial charge in [0.25, 0.3) is 11.8 Å². The van der Waals surface area contributed by atoms with Crippen LogP contribution in [0.2, 0.25) is 0 Å². The maximum atomic E-state index is 12.5. The first-order valence-electron chi connectivity index (χ1n) is 12.7. The van der Waals surface area contributed by atoms with Crippen LogP contribution in [-0.4, -0.2) is 84.3 Å². The van der Waals surface area contributed by atoms with E-state index in [-0.39, 0.29) is 31.6 Å². The van der Waals surface area contributed by atoms with Crippen LogP contribution < -0.4 is 10.6 Å². The summed E-state index contributed by atoms with van der Waals surface area (Å²) in [6.07, 6.45) is 0.893. The van der Waals surface area contributed by atoms with Crippen molar-refractivity contribution in [3.8, 4) is 0 Å². The number of benzene rings is 2. The van der Waals surface area contributed by atoms with Crippen molar-refractivity contribution in [1.29, 1.82) is 0 Å². The summed E-state index contributed by atoms with van der Waals surface area (Å²) in [4.78, 5) is 68.9. The maximum Gasteiger partial charge on any atom is 0.326 e. The number of likely N-dealkylation sites (N-methyl/N-ethyl adjacent to an activating group) is 2. The van der Waals surface area contributed by atoms with Gasteiger partial charge in [-0.25, -0.2) is 4.79 Å². The minimum Gasteiger partial charge on any atom is -0.480 e. The van der Waals surface area contributed by atoms with Crippen LogP contribution in [0.15, 0.2) is 58.8 Å². The Morgan fingerprint density at radius 2 is 1.24 bits per heavy atom. The van der Waals surface area contributed by atoms with E-state index >= 15 is 0 Å². The Morgan fingerprint density at radius 1 is 0.786 bits per heavy atom. The molecule has 2 aromatic rings. The summed E-state index contributed by atoms with van der Waals surface area (Å²) in [6.45, 7) is -0.340. The zero-order chi connectivity index (χ0) is 31.1. The molecule has 0 saturated heterocycles. The number of unbranched alkanes of at least 4 members (excludes halogenated alkanes) is 1. The number of aliphatic carboxylic acids is 1. The van der Waals surface area contributed by atoms with Gasteiger partial charge in [0.2, 0.25) is 11.8 Å². The van der Waals surface area contributed by atoms with E-state index in [4.69, 9.17) is 11.1 Å². The van der Waals surface area contributed by atoms with Crippen LogP contribution in [0.4, 0.5) is 11.4 Å². The first kappa shape index (κ1) is 32.6. The molecule has 1 atom stereocenters. The lowest BCUT2D eigenvalue weighted by Gasteiger charge is -2.20. The minimum absolute atomic E-state index is 0.0969. The maximum absolute atomic E-state index is 12.5. The van der Waals surface area contributed by atoms with Crippen molar-refractivity contribution in [3.63, 3.8) is 0 Å². The predicted octanol–water partition coefficient (Wildman–Crippen LogP) is 3.27. The molecule has 0 saturated carbocycles. The number of carbonyl (C=O) groups excluding carboxylic acids is 4. The predicted molar refractivity (Wildman–Crippen MR) is 151 cm³/mol. The topological polar surface area (TPSA) is 234 Å². The third-order valence-corrected chi connectivity index (χ3v) is 5.88. The van der Waals surface area contributed by atoms with E-state index in [0.717, 1.165) is 4.90 Å². The average molecular weight is 579 g/mol. The summed E-state index contributed by atoms with van der Waals surface area (Å²) >= 11 is 0. The lowest BCUT2D eigenvalue weighted by molar-refractivity contribution is -0.142. The molecule has 0 aliphatic carbocycles. The molecular weight excluding hydrogens is 548 g/mol. The SMILES string of the molecule is CN(CC(=O)NCCCCC(NC(=O)CN(C)C(=O)c1ccc(N=[N+]=[N-])cc1)C(=O)O)C(=O)c1ccc(N=[N+]=[N-])cc1. The number of azide groups is 2. The highest BCUT2D eigenvalue weighted by atomic mass is 16.4. The van der Waals surface area contributed by atoms with Crippen molar-refractivity contribution < 1.29 is 29.1 Å². The van der Waals surface area contributed by atoms with E-state index in [1.807, 2.05) is 0 Å². The van der Waals surface area contributed by atoms with E-state index in [1.54, 1.807) is 0 Å². The molecule has 0 fully saturated rings. The summed E-state index contributed by atoms with van der Waals surface area (Å²) in [6, 6.07) is 10.6. The standard InChI is InChI=1S/C26H30N10O6/c1-35(24(39)17-6-10-19(11-7-17)31-33-27)15-22(37)29-14-4-3-5-21(26(41)42)30-23(38)16-36(2)25(40)18-8-12-20(13-9-18)32-34-28/h6-13,21H,3-5,14-16H2,1-2H3,(H,29,37)(H,30,38)(H,41,42). The summed E-state index contributed by atoms with van der Waals surface area (Å²) in [5, 5.41) is 21.4. The van der Waals surface area contributed by atoms with Gasteiger partial charge >= 0.3 is 5.97 Å². The third-order valence-electron chi connectivity index (χ3n) is 5.88. The van der Waals surface area contributed by atoms with Crippen LogP contribution in [-0.2, 0) is 14.4 Å². The molecule has 2 rings (SSSR count). The lowest BCUT2D eigenvalue weighted by Crippen LogP contribution is -2.46. The van der Waals surface area contributed by atoms with Gasteiger partial charge in [-0.2, -0.15) is 0 Å². The normalized spacial score (nSPS) is 10.7. The number of carbonyl (C=O) groups is 5. The fourth-order valence-corrected chi connectivity index (χ4v) is 3.71. The van der Waals surface area contributed by atoms with Crippen molar-refractivity contribution in [2.75, 3.05) is 33.7 Å². The Hall–Kier alpha value is -5.59. The van der Waals surface area contributed by atoms with Gasteiger partial charge < -0.3 is 25.5 Å². The second-order valence-corrected chi connectivity index (χ2v) is 9.10. The fourth-order valence-electron chi connectivity index (χ4n) is 3.71. The summed E-state index contributed by atoms with van der Waals surface area (Å²) in [7, 11) is 2.87. The largest absolute Gasteiger partial charge is 0.480 e. The Kier molecular flexibility index (Phi) is 12.8. The molecule has 16 nitrogen and oxygen atoms in total. The van der Waals surface area contributed by atoms with Crippen LogP contribution in [0.1, 0.15) is 40.0 Å². The Labute approximate surface area is 240 Å². The second kappa shape index (κ2) is 16.5. The Bertz CT molecular complexity index is 1380. The fraction of sp³-hybridized carbons (Fsp3) is 0.346. The summed E-state index contributed by atoms with van der Waals surface area (Å²) in [5.41, 5.74) is 18.2. The summed E-state index contributed by atoms with van der Waals surface area (Å²) in [5.74, 6) is -3.16. The van der Waals surface area contributed by atoms with E-state index in [1.165, 1.54) is 67.5 Å². The molecule has 0 bridgehead atoms. The van der Waals surface area contributed by atoms with Crippen LogP contribution in [0.3, 0.4) is 0 Å². The van der Waals surface area contributed by atoms with Crippen LogP contribution in [0.5, 0.6) is 0 Å². The molecule has 220 valence electrons. The van der Waals surface area contributed by atoms with Crippen molar-refractivity contribution in [3.05, 3.63) is 80.5 Å². The highest BCUT2D eigenvalue weighted by molar-refractivity contribution is 5.97. The van der Waals surface area contributed by atoms with Gasteiger partial charge in [0.1, 0.15) is 6.04 Å². The first-order valence-corrected chi connectivity index (χ1v) is 12.7. The van der Waals surface area contributed by atoms with Gasteiger partial charge in [-0.1, -0.05) is 34.5 Å². The Balaban J connectivity index is 1.73. The minimum atomic E-state index is -1.23. The van der Waals surface area contributed by atoms with Gasteiger partial charge in [0.05, 0.1) is 13.1 Å². The smallest absolute Gasteiger partial charge is 0.326 e. The molecule has 4 amide bonds. The number of carboxylic acid groups (broad SMARTS) is 1. The average Bonchev–Trinajstić information content (AvgIpc) is 2.96. The summed E-state index contributed by atoms with van der Waals surface area (Å²) < 4.78 is 0. The monoisotopic (exact) mass is 578 g/mol. The van der Waals surface area contributed by atoms with Crippen LogP contribution >= 0.6 is 0 Å². The quantitative estimate of drug-likeness (QED) is 0.124. The molecule has 0 radical (unpaired) electrons. The zero-order valence-corrected chi connectivity index (χ0v) is 23.0. The van der Waals surface area contributed by atoms with Gasteiger partial charge in [-0.15, -0.1) is 0 Å². The van der Waals surface area contributed by atoms with Gasteiger partial charge in [-0.05, 0) is 54.6 Å². The highest BCUT2D eigenvalue weighted by Gasteiger charge is 2.22. The van der Waals surface area contributed by atoms with Crippen molar-refractivity contribution in [1.82, 2.24) is 20.4 Å². The third kappa shape index (κ3) is 10.5. The van der Waals surface area contributed by atoms with Crippen LogP contribution in [0, 0.1) is 0 Å². The molecular formula is C26H30N10O6. The van der Waals surface area contributed by atoms with Crippen molar-refractivity contribution in [2.24, 2.45) is 10.2 Å². The van der Waals surface area contributed by atoms with E-state index < -0.39 is 35.6 Å². The van der Waals surface area contributed by atoms with Crippen LogP contribution in [0.25, 0.3) is 20.9 Å². The highest BCUT2D eigenvalue weighted by Crippen LogP contribution is 2.15. The number of hydrogen-bond acceptors (Lipinski definition) is 7. The zero-order valence-electron chi connectivity index (χ0n) is 23.0.